The number of nitrogens with zero attached hydrogens (tertiary/aromatic N) is 2. The molecule has 0 atom stereocenters. The highest BCUT2D eigenvalue weighted by molar-refractivity contribution is 7.91. The molecule has 2 aliphatic heterocycles. The molecule has 17 heteroatoms. The highest BCUT2D eigenvalue weighted by atomic mass is 32.2. The van der Waals surface area contributed by atoms with Crippen molar-refractivity contribution in [2.75, 3.05) is 31.5 Å². The van der Waals surface area contributed by atoms with Gasteiger partial charge in [-0.1, -0.05) is 0 Å². The van der Waals surface area contributed by atoms with Crippen LogP contribution in [0.2, 0.25) is 0 Å². The maximum absolute atomic E-state index is 13.1. The largest absolute Gasteiger partial charge is 0.444 e. The number of ether oxygens (including phenoxy) is 2. The zero-order valence-electron chi connectivity index (χ0n) is 35.2. The van der Waals surface area contributed by atoms with Crippen LogP contribution in [0.25, 0.3) is 0 Å². The SMILES string of the molecule is CC(C)(C)OC(=O)N1CCC(N)CC1.CC(C)(C)OC(=O)N1CCC(Nc2ccc(S(=O)(=O)c3ccc(F)cc3)cc2)CC1.O=S(=O)(c1ccc(F)cc1)c1ccc(F)cc1. The lowest BCUT2D eigenvalue weighted by Crippen LogP contribution is -2.44. The molecule has 332 valence electrons. The minimum Gasteiger partial charge on any atom is -0.444 e. The summed E-state index contributed by atoms with van der Waals surface area (Å²) < 4.78 is 98.4. The number of likely N-dealkylation sites (tertiary alicyclic amines) is 2. The van der Waals surface area contributed by atoms with E-state index in [0.29, 0.717) is 13.1 Å². The van der Waals surface area contributed by atoms with E-state index in [9.17, 15) is 39.6 Å². The van der Waals surface area contributed by atoms with Crippen molar-refractivity contribution in [3.05, 3.63) is 115 Å². The van der Waals surface area contributed by atoms with E-state index in [4.69, 9.17) is 15.2 Å². The van der Waals surface area contributed by atoms with Gasteiger partial charge in [0.15, 0.2) is 0 Å². The molecule has 0 aromatic heterocycles. The lowest BCUT2D eigenvalue weighted by atomic mass is 10.0. The average Bonchev–Trinajstić information content (AvgIpc) is 3.18. The number of halogens is 3. The van der Waals surface area contributed by atoms with E-state index in [2.05, 4.69) is 5.32 Å². The molecule has 3 N–H and O–H groups in total. The summed E-state index contributed by atoms with van der Waals surface area (Å²) in [6.45, 7) is 13.8. The lowest BCUT2D eigenvalue weighted by molar-refractivity contribution is 0.0197. The average molecular weight is 889 g/mol. The van der Waals surface area contributed by atoms with E-state index in [-0.39, 0.29) is 43.9 Å². The zero-order chi connectivity index (χ0) is 45.2. The third kappa shape index (κ3) is 15.1. The second-order valence-electron chi connectivity index (χ2n) is 16.6. The summed E-state index contributed by atoms with van der Waals surface area (Å²) in [6.07, 6.45) is 2.78. The van der Waals surface area contributed by atoms with Gasteiger partial charge in [-0.05, 0) is 164 Å². The van der Waals surface area contributed by atoms with E-state index in [1.165, 1.54) is 48.5 Å². The van der Waals surface area contributed by atoms with Gasteiger partial charge < -0.3 is 30.3 Å². The quantitative estimate of drug-likeness (QED) is 0.179. The molecule has 12 nitrogen and oxygen atoms in total. The van der Waals surface area contributed by atoms with Crippen molar-refractivity contribution in [2.24, 2.45) is 5.73 Å². The Balaban J connectivity index is 0.000000223. The molecular formula is C44H55F3N4O8S2. The van der Waals surface area contributed by atoms with Crippen LogP contribution >= 0.6 is 0 Å². The van der Waals surface area contributed by atoms with Crippen LogP contribution in [-0.2, 0) is 29.1 Å². The molecule has 4 aromatic rings. The third-order valence-electron chi connectivity index (χ3n) is 9.25. The molecule has 2 saturated heterocycles. The number of carbonyl (C=O) groups excluding carboxylic acids is 2. The fraction of sp³-hybridized carbons (Fsp3) is 0.409. The van der Waals surface area contributed by atoms with Gasteiger partial charge in [-0.25, -0.2) is 39.6 Å². The van der Waals surface area contributed by atoms with Gasteiger partial charge in [-0.3, -0.25) is 0 Å². The van der Waals surface area contributed by atoms with Crippen molar-refractivity contribution in [3.63, 3.8) is 0 Å². The van der Waals surface area contributed by atoms with Gasteiger partial charge in [0.1, 0.15) is 28.7 Å². The molecule has 0 saturated carbocycles. The summed E-state index contributed by atoms with van der Waals surface area (Å²) in [5.74, 6) is -1.50. The van der Waals surface area contributed by atoms with Crippen LogP contribution in [0.15, 0.2) is 117 Å². The summed E-state index contributed by atoms with van der Waals surface area (Å²) in [6, 6.07) is 20.7. The predicted molar refractivity (Wildman–Crippen MR) is 226 cm³/mol. The molecule has 2 heterocycles. The van der Waals surface area contributed by atoms with E-state index >= 15 is 0 Å². The van der Waals surface area contributed by atoms with Crippen molar-refractivity contribution < 1.29 is 49.1 Å². The van der Waals surface area contributed by atoms with E-state index in [1.807, 2.05) is 41.5 Å². The number of carbonyl (C=O) groups is 2. The Kier molecular flexibility index (Phi) is 16.4. The number of piperidine rings is 2. The van der Waals surface area contributed by atoms with Crippen molar-refractivity contribution in [2.45, 2.75) is 110 Å². The second kappa shape index (κ2) is 20.6. The molecule has 0 spiro atoms. The fourth-order valence-electron chi connectivity index (χ4n) is 6.02. The number of hydrogen-bond acceptors (Lipinski definition) is 10. The van der Waals surface area contributed by atoms with Crippen LogP contribution in [-0.4, -0.2) is 88.3 Å². The molecule has 0 unspecified atom stereocenters. The normalized spacial score (nSPS) is 15.4. The molecule has 2 fully saturated rings. The zero-order valence-corrected chi connectivity index (χ0v) is 36.9. The number of benzene rings is 4. The van der Waals surface area contributed by atoms with Crippen molar-refractivity contribution in [3.8, 4) is 0 Å². The minimum absolute atomic E-state index is 0.0227. The minimum atomic E-state index is -3.71. The summed E-state index contributed by atoms with van der Waals surface area (Å²) >= 11 is 0. The fourth-order valence-corrected chi connectivity index (χ4v) is 8.54. The number of rotatable bonds is 6. The van der Waals surface area contributed by atoms with E-state index in [0.717, 1.165) is 80.9 Å². The Bertz CT molecular complexity index is 2220. The van der Waals surface area contributed by atoms with Gasteiger partial charge in [-0.15, -0.1) is 0 Å². The summed E-state index contributed by atoms with van der Waals surface area (Å²) in [5, 5.41) is 3.39. The van der Waals surface area contributed by atoms with Gasteiger partial charge >= 0.3 is 12.2 Å². The first kappa shape index (κ1) is 48.5. The van der Waals surface area contributed by atoms with Crippen LogP contribution < -0.4 is 11.1 Å². The number of sulfone groups is 2. The van der Waals surface area contributed by atoms with Crippen LogP contribution in [0.3, 0.4) is 0 Å². The molecule has 4 aromatic carbocycles. The Morgan fingerprint density at radius 2 is 0.820 bits per heavy atom. The summed E-state index contributed by atoms with van der Waals surface area (Å²) in [7, 11) is -7.40. The monoisotopic (exact) mass is 888 g/mol. The Hall–Kier alpha value is -5.13. The molecule has 61 heavy (non-hydrogen) atoms. The van der Waals surface area contributed by atoms with Crippen LogP contribution in [0.1, 0.15) is 67.2 Å². The molecule has 2 amide bonds. The molecule has 6 rings (SSSR count). The summed E-state index contributed by atoms with van der Waals surface area (Å²) in [5.41, 5.74) is 5.64. The molecular weight excluding hydrogens is 834 g/mol. The number of hydrogen-bond donors (Lipinski definition) is 2. The van der Waals surface area contributed by atoms with Crippen molar-refractivity contribution in [1.29, 1.82) is 0 Å². The number of nitrogens with two attached hydrogens (primary N) is 1. The molecule has 0 radical (unpaired) electrons. The van der Waals surface area contributed by atoms with Crippen LogP contribution in [0, 0.1) is 17.5 Å². The van der Waals surface area contributed by atoms with Crippen molar-refractivity contribution in [1.82, 2.24) is 9.80 Å². The van der Waals surface area contributed by atoms with Crippen LogP contribution in [0.5, 0.6) is 0 Å². The molecule has 0 bridgehead atoms. The van der Waals surface area contributed by atoms with Crippen molar-refractivity contribution >= 4 is 37.5 Å². The Labute approximate surface area is 357 Å². The first-order chi connectivity index (χ1) is 28.4. The van der Waals surface area contributed by atoms with Gasteiger partial charge in [0, 0.05) is 44.0 Å². The second-order valence-corrected chi connectivity index (χ2v) is 20.5. The Morgan fingerprint density at radius 3 is 1.11 bits per heavy atom. The standard InChI is InChI=1S/C22H27FN2O4S.C12H8F2O2S.C10H20N2O2/c1-22(2,3)29-21(26)25-14-12-18(13-15-25)24-17-6-10-20(11-7-17)30(27,28)19-8-4-16(23)5-9-19;13-9-1-5-11(6-2-9)17(15,16)12-7-3-10(14)4-8-12;1-10(2,3)14-9(13)12-6-4-8(11)5-7-12/h4-11,18,24H,12-15H2,1-3H3;1-8H;8H,4-7,11H2,1-3H3. The van der Waals surface area contributed by atoms with E-state index < -0.39 is 48.3 Å². The van der Waals surface area contributed by atoms with Gasteiger partial charge in [0.05, 0.1) is 19.6 Å². The lowest BCUT2D eigenvalue weighted by Gasteiger charge is -2.34. The topological polar surface area (TPSA) is 165 Å². The molecule has 0 aliphatic carbocycles. The smallest absolute Gasteiger partial charge is 0.410 e. The number of amides is 2. The maximum atomic E-state index is 13.1. The first-order valence-corrected chi connectivity index (χ1v) is 22.7. The first-order valence-electron chi connectivity index (χ1n) is 19.8. The highest BCUT2D eigenvalue weighted by Gasteiger charge is 2.28. The maximum Gasteiger partial charge on any atom is 0.410 e. The predicted octanol–water partition coefficient (Wildman–Crippen LogP) is 8.61. The van der Waals surface area contributed by atoms with Crippen LogP contribution in [0.4, 0.5) is 28.4 Å². The molecule has 2 aliphatic rings. The summed E-state index contributed by atoms with van der Waals surface area (Å²) in [4.78, 5) is 27.3. The van der Waals surface area contributed by atoms with Gasteiger partial charge in [0.25, 0.3) is 0 Å². The Morgan fingerprint density at radius 1 is 0.541 bits per heavy atom. The number of nitrogens with one attached hydrogen (secondary N) is 1. The van der Waals surface area contributed by atoms with Gasteiger partial charge in [-0.2, -0.15) is 0 Å². The van der Waals surface area contributed by atoms with Gasteiger partial charge in [0.2, 0.25) is 19.7 Å². The number of anilines is 1. The third-order valence-corrected chi connectivity index (χ3v) is 12.8. The highest BCUT2D eigenvalue weighted by Crippen LogP contribution is 2.25. The van der Waals surface area contributed by atoms with E-state index in [1.54, 1.807) is 21.9 Å².